The SMILES string of the molecule is COc1ccc(N2CCN(Cc3ccccc3)C[C@H]2c2ccc(Cl)cc2)c(Cl)c1. The number of rotatable bonds is 5. The highest BCUT2D eigenvalue weighted by Crippen LogP contribution is 2.37. The van der Waals surface area contributed by atoms with Gasteiger partial charge in [0.25, 0.3) is 0 Å². The summed E-state index contributed by atoms with van der Waals surface area (Å²) in [6, 6.07) is 24.9. The van der Waals surface area contributed by atoms with Gasteiger partial charge in [-0.3, -0.25) is 4.90 Å². The van der Waals surface area contributed by atoms with E-state index >= 15 is 0 Å². The molecule has 5 heteroatoms. The number of hydrogen-bond acceptors (Lipinski definition) is 3. The first-order valence-corrected chi connectivity index (χ1v) is 10.5. The fraction of sp³-hybridized carbons (Fsp3) is 0.250. The fourth-order valence-electron chi connectivity index (χ4n) is 3.93. The van der Waals surface area contributed by atoms with Gasteiger partial charge in [0.15, 0.2) is 0 Å². The number of ether oxygens (including phenoxy) is 1. The molecule has 3 aromatic carbocycles. The van der Waals surface area contributed by atoms with Gasteiger partial charge in [-0.1, -0.05) is 65.7 Å². The summed E-state index contributed by atoms with van der Waals surface area (Å²) in [6.45, 7) is 3.72. The molecule has 0 aromatic heterocycles. The van der Waals surface area contributed by atoms with Crippen LogP contribution in [0.15, 0.2) is 72.8 Å². The zero-order chi connectivity index (χ0) is 20.2. The number of benzene rings is 3. The van der Waals surface area contributed by atoms with Crippen molar-refractivity contribution < 1.29 is 4.74 Å². The van der Waals surface area contributed by atoms with Crippen LogP contribution in [0.1, 0.15) is 17.2 Å². The van der Waals surface area contributed by atoms with Crippen LogP contribution in [0.2, 0.25) is 10.0 Å². The zero-order valence-electron chi connectivity index (χ0n) is 16.4. The molecule has 4 rings (SSSR count). The van der Waals surface area contributed by atoms with Gasteiger partial charge in [-0.2, -0.15) is 0 Å². The first-order chi connectivity index (χ1) is 14.1. The maximum absolute atomic E-state index is 6.63. The average molecular weight is 427 g/mol. The van der Waals surface area contributed by atoms with E-state index in [1.807, 2.05) is 24.3 Å². The third kappa shape index (κ3) is 4.69. The van der Waals surface area contributed by atoms with Crippen LogP contribution in [0.3, 0.4) is 0 Å². The van der Waals surface area contributed by atoms with Crippen LogP contribution in [0.25, 0.3) is 0 Å². The minimum atomic E-state index is 0.190. The van der Waals surface area contributed by atoms with E-state index in [9.17, 15) is 0 Å². The highest BCUT2D eigenvalue weighted by atomic mass is 35.5. The number of halogens is 2. The molecule has 0 amide bonds. The molecule has 150 valence electrons. The molecule has 1 saturated heterocycles. The predicted molar refractivity (Wildman–Crippen MR) is 121 cm³/mol. The molecular formula is C24H24Cl2N2O. The second kappa shape index (κ2) is 9.08. The Hall–Kier alpha value is -2.20. The molecule has 1 aliphatic rings. The van der Waals surface area contributed by atoms with Gasteiger partial charge in [0.05, 0.1) is 23.9 Å². The summed E-state index contributed by atoms with van der Waals surface area (Å²) in [5.74, 6) is 0.768. The van der Waals surface area contributed by atoms with E-state index in [2.05, 4.69) is 58.3 Å². The van der Waals surface area contributed by atoms with E-state index < -0.39 is 0 Å². The second-order valence-corrected chi connectivity index (χ2v) is 8.14. The minimum absolute atomic E-state index is 0.190. The van der Waals surface area contributed by atoms with Crippen LogP contribution < -0.4 is 9.64 Å². The summed E-state index contributed by atoms with van der Waals surface area (Å²) in [5.41, 5.74) is 3.60. The standard InChI is InChI=1S/C24H24Cl2N2O/c1-29-21-11-12-23(22(26)15-21)28-14-13-27(16-18-5-3-2-4-6-18)17-24(28)19-7-9-20(25)10-8-19/h2-12,15,24H,13-14,16-17H2,1H3/t24-/m0/s1. The third-order valence-corrected chi connectivity index (χ3v) is 5.99. The summed E-state index contributed by atoms with van der Waals surface area (Å²) >= 11 is 12.8. The molecule has 0 saturated carbocycles. The molecule has 0 unspecified atom stereocenters. The van der Waals surface area contributed by atoms with E-state index in [-0.39, 0.29) is 6.04 Å². The highest BCUT2D eigenvalue weighted by molar-refractivity contribution is 6.33. The molecule has 29 heavy (non-hydrogen) atoms. The number of methoxy groups -OCH3 is 1. The summed E-state index contributed by atoms with van der Waals surface area (Å²) < 4.78 is 5.32. The van der Waals surface area contributed by atoms with Gasteiger partial charge in [0.1, 0.15) is 5.75 Å². The smallest absolute Gasteiger partial charge is 0.120 e. The lowest BCUT2D eigenvalue weighted by Gasteiger charge is -2.43. The number of piperazine rings is 1. The Morgan fingerprint density at radius 1 is 0.931 bits per heavy atom. The number of anilines is 1. The Labute approximate surface area is 182 Å². The quantitative estimate of drug-likeness (QED) is 0.492. The minimum Gasteiger partial charge on any atom is -0.497 e. The van der Waals surface area contributed by atoms with E-state index in [1.54, 1.807) is 7.11 Å². The summed E-state index contributed by atoms with van der Waals surface area (Å²) in [6.07, 6.45) is 0. The Morgan fingerprint density at radius 3 is 2.38 bits per heavy atom. The maximum Gasteiger partial charge on any atom is 0.120 e. The van der Waals surface area contributed by atoms with Crippen LogP contribution in [-0.2, 0) is 6.54 Å². The van der Waals surface area contributed by atoms with Crippen molar-refractivity contribution in [2.45, 2.75) is 12.6 Å². The maximum atomic E-state index is 6.63. The largest absolute Gasteiger partial charge is 0.497 e. The lowest BCUT2D eigenvalue weighted by molar-refractivity contribution is 0.215. The zero-order valence-corrected chi connectivity index (χ0v) is 17.9. The van der Waals surface area contributed by atoms with Crippen molar-refractivity contribution in [2.24, 2.45) is 0 Å². The van der Waals surface area contributed by atoms with Crippen LogP contribution in [-0.4, -0.2) is 31.6 Å². The summed E-state index contributed by atoms with van der Waals surface area (Å²) in [4.78, 5) is 4.90. The van der Waals surface area contributed by atoms with E-state index in [1.165, 1.54) is 11.1 Å². The normalized spacial score (nSPS) is 17.3. The van der Waals surface area contributed by atoms with Crippen molar-refractivity contribution >= 4 is 28.9 Å². The Morgan fingerprint density at radius 2 is 1.69 bits per heavy atom. The molecule has 0 radical (unpaired) electrons. The van der Waals surface area contributed by atoms with Gasteiger partial charge < -0.3 is 9.64 Å². The van der Waals surface area contributed by atoms with Crippen LogP contribution in [0.4, 0.5) is 5.69 Å². The van der Waals surface area contributed by atoms with E-state index in [0.29, 0.717) is 5.02 Å². The first-order valence-electron chi connectivity index (χ1n) is 9.76. The number of nitrogens with zero attached hydrogens (tertiary/aromatic N) is 2. The Bertz CT molecular complexity index is 947. The Kier molecular flexibility index (Phi) is 6.29. The molecule has 1 heterocycles. The van der Waals surface area contributed by atoms with Crippen molar-refractivity contribution in [1.82, 2.24) is 4.90 Å². The lowest BCUT2D eigenvalue weighted by Crippen LogP contribution is -2.48. The van der Waals surface area contributed by atoms with Crippen molar-refractivity contribution in [3.05, 3.63) is 94.0 Å². The molecule has 0 N–H and O–H groups in total. The van der Waals surface area contributed by atoms with Gasteiger partial charge >= 0.3 is 0 Å². The first kappa shape index (κ1) is 20.1. The topological polar surface area (TPSA) is 15.7 Å². The molecule has 1 atom stereocenters. The monoisotopic (exact) mass is 426 g/mol. The molecule has 0 aliphatic carbocycles. The average Bonchev–Trinajstić information content (AvgIpc) is 2.75. The van der Waals surface area contributed by atoms with Gasteiger partial charge in [-0.25, -0.2) is 0 Å². The molecular weight excluding hydrogens is 403 g/mol. The number of hydrogen-bond donors (Lipinski definition) is 0. The molecule has 3 aromatic rings. The van der Waals surface area contributed by atoms with Crippen molar-refractivity contribution in [2.75, 3.05) is 31.6 Å². The van der Waals surface area contributed by atoms with E-state index in [0.717, 1.165) is 42.6 Å². The van der Waals surface area contributed by atoms with E-state index in [4.69, 9.17) is 27.9 Å². The molecule has 1 fully saturated rings. The van der Waals surface area contributed by atoms with Crippen molar-refractivity contribution in [3.8, 4) is 5.75 Å². The highest BCUT2D eigenvalue weighted by Gasteiger charge is 2.29. The molecule has 0 spiro atoms. The fourth-order valence-corrected chi connectivity index (χ4v) is 4.34. The van der Waals surface area contributed by atoms with Crippen LogP contribution in [0.5, 0.6) is 5.75 Å². The second-order valence-electron chi connectivity index (χ2n) is 7.30. The molecule has 3 nitrogen and oxygen atoms in total. The Balaban J connectivity index is 1.63. The van der Waals surface area contributed by atoms with Crippen molar-refractivity contribution in [3.63, 3.8) is 0 Å². The predicted octanol–water partition coefficient (Wildman–Crippen LogP) is 6.07. The molecule has 0 bridgehead atoms. The lowest BCUT2D eigenvalue weighted by atomic mass is 10.0. The molecule has 1 aliphatic heterocycles. The summed E-state index contributed by atoms with van der Waals surface area (Å²) in [5, 5.41) is 1.46. The van der Waals surface area contributed by atoms with Crippen LogP contribution in [0, 0.1) is 0 Å². The van der Waals surface area contributed by atoms with Gasteiger partial charge in [0, 0.05) is 37.3 Å². The van der Waals surface area contributed by atoms with Gasteiger partial charge in [-0.15, -0.1) is 0 Å². The summed E-state index contributed by atoms with van der Waals surface area (Å²) in [7, 11) is 1.66. The van der Waals surface area contributed by atoms with Crippen molar-refractivity contribution in [1.29, 1.82) is 0 Å². The van der Waals surface area contributed by atoms with Gasteiger partial charge in [-0.05, 0) is 35.4 Å². The third-order valence-electron chi connectivity index (χ3n) is 5.43. The van der Waals surface area contributed by atoms with Crippen LogP contribution >= 0.6 is 23.2 Å². The van der Waals surface area contributed by atoms with Gasteiger partial charge in [0.2, 0.25) is 0 Å².